The molecule has 0 nitrogen and oxygen atoms in total. The van der Waals surface area contributed by atoms with E-state index in [0.717, 1.165) is 12.1 Å². The molecule has 0 aliphatic carbocycles. The van der Waals surface area contributed by atoms with Gasteiger partial charge in [0.1, 0.15) is 0 Å². The van der Waals surface area contributed by atoms with E-state index in [2.05, 4.69) is 0 Å². The number of hydrogen-bond donors (Lipinski definition) is 0. The molecular weight excluding hydrogens is 256 g/mol. The van der Waals surface area contributed by atoms with E-state index in [1.807, 2.05) is 0 Å². The van der Waals surface area contributed by atoms with E-state index < -0.39 is 23.7 Å². The van der Waals surface area contributed by atoms with Gasteiger partial charge in [0.25, 0.3) is 0 Å². The van der Waals surface area contributed by atoms with Gasteiger partial charge in [-0.05, 0) is 0 Å². The Morgan fingerprint density at radius 3 is 1.70 bits per heavy atom. The first kappa shape index (κ1) is 7.84. The molecule has 58 valence electrons. The summed E-state index contributed by atoms with van der Waals surface area (Å²) >= 11 is -5.93. The van der Waals surface area contributed by atoms with Gasteiger partial charge in [0.2, 0.25) is 0 Å². The van der Waals surface area contributed by atoms with Crippen molar-refractivity contribution in [1.82, 2.24) is 0 Å². The van der Waals surface area contributed by atoms with Crippen LogP contribution in [-0.4, -0.2) is 0 Å². The van der Waals surface area contributed by atoms with Crippen molar-refractivity contribution >= 4 is 0 Å². The van der Waals surface area contributed by atoms with Gasteiger partial charge in [-0.15, -0.1) is 0 Å². The van der Waals surface area contributed by atoms with E-state index in [0.29, 0.717) is 0 Å². The zero-order chi connectivity index (χ0) is 7.61. The van der Waals surface area contributed by atoms with E-state index in [9.17, 15) is 8.58 Å². The monoisotopic (exact) mass is 261 g/mol. The van der Waals surface area contributed by atoms with Crippen molar-refractivity contribution in [3.8, 4) is 0 Å². The van der Waals surface area contributed by atoms with Crippen LogP contribution in [0.25, 0.3) is 0 Å². The third-order valence-electron chi connectivity index (χ3n) is 0.981. The minimum absolute atomic E-state index is 0.422. The Kier molecular flexibility index (Phi) is 2.18. The quantitative estimate of drug-likeness (QED) is 0.607. The fourth-order valence-electron chi connectivity index (χ4n) is 0.558. The predicted molar refractivity (Wildman–Crippen MR) is 28.5 cm³/mol. The first-order valence-electron chi connectivity index (χ1n) is 2.53. The van der Waals surface area contributed by atoms with Gasteiger partial charge < -0.3 is 0 Å². The summed E-state index contributed by atoms with van der Waals surface area (Å²) in [7, 11) is 0. The zero-order valence-corrected chi connectivity index (χ0v) is 7.06. The minimum atomic E-state index is -5.93. The molecule has 0 aromatic heterocycles. The standard InChI is InChI=1S/C6H5F3I/c7-10(8,9)6-4-2-1-3-5-6/h1-5H/q-1. The van der Waals surface area contributed by atoms with Gasteiger partial charge in [0, 0.05) is 0 Å². The molecule has 0 spiro atoms. The normalized spacial score (nSPS) is 13.1. The van der Waals surface area contributed by atoms with Crippen molar-refractivity contribution in [3.63, 3.8) is 0 Å². The number of benzene rings is 1. The number of halogens is 4. The van der Waals surface area contributed by atoms with Crippen LogP contribution in [0.2, 0.25) is 0 Å². The Morgan fingerprint density at radius 1 is 0.900 bits per heavy atom. The van der Waals surface area contributed by atoms with Gasteiger partial charge in [-0.2, -0.15) is 0 Å². The van der Waals surface area contributed by atoms with Gasteiger partial charge in [0.15, 0.2) is 0 Å². The summed E-state index contributed by atoms with van der Waals surface area (Å²) in [5.74, 6) is 0. The van der Waals surface area contributed by atoms with E-state index in [-0.39, 0.29) is 0 Å². The summed E-state index contributed by atoms with van der Waals surface area (Å²) in [5.41, 5.74) is 0. The molecule has 0 bridgehead atoms. The fraction of sp³-hybridized carbons (Fsp3) is 0. The van der Waals surface area contributed by atoms with E-state index in [1.165, 1.54) is 12.1 Å². The van der Waals surface area contributed by atoms with Gasteiger partial charge in [-0.3, -0.25) is 0 Å². The van der Waals surface area contributed by atoms with E-state index in [4.69, 9.17) is 0 Å². The number of hydrogen-bond acceptors (Lipinski definition) is 0. The topological polar surface area (TPSA) is 0 Å². The van der Waals surface area contributed by atoms with E-state index >= 15 is 0 Å². The first-order chi connectivity index (χ1) is 4.61. The Bertz CT molecular complexity index is 204. The summed E-state index contributed by atoms with van der Waals surface area (Å²) in [6.07, 6.45) is 0. The third kappa shape index (κ3) is 1.86. The molecule has 0 radical (unpaired) electrons. The Morgan fingerprint density at radius 2 is 1.40 bits per heavy atom. The molecule has 0 saturated carbocycles. The molecular formula is C6H5F3I-. The molecule has 1 rings (SSSR count). The molecule has 0 N–H and O–H groups in total. The van der Waals surface area contributed by atoms with Crippen LogP contribution < -0.4 is 20.2 Å². The molecule has 10 heavy (non-hydrogen) atoms. The average Bonchev–Trinajstić information content (AvgIpc) is 1.88. The van der Waals surface area contributed by atoms with Crippen molar-refractivity contribution in [1.29, 1.82) is 0 Å². The van der Waals surface area contributed by atoms with E-state index in [1.54, 1.807) is 6.07 Å². The molecule has 4 heteroatoms. The van der Waals surface area contributed by atoms with Crippen LogP contribution >= 0.6 is 0 Å². The van der Waals surface area contributed by atoms with Crippen molar-refractivity contribution in [2.45, 2.75) is 0 Å². The molecule has 1 aromatic carbocycles. The molecule has 0 atom stereocenters. The van der Waals surface area contributed by atoms with Crippen molar-refractivity contribution in [2.24, 2.45) is 0 Å². The summed E-state index contributed by atoms with van der Waals surface area (Å²) < 4.78 is 35.5. The second kappa shape index (κ2) is 2.77. The van der Waals surface area contributed by atoms with Gasteiger partial charge in [0.05, 0.1) is 0 Å². The molecule has 0 unspecified atom stereocenters. The molecule has 0 aliphatic heterocycles. The average molecular weight is 261 g/mol. The summed E-state index contributed by atoms with van der Waals surface area (Å²) in [6.45, 7) is 0. The Labute approximate surface area is 62.9 Å². The number of rotatable bonds is 1. The van der Waals surface area contributed by atoms with Crippen molar-refractivity contribution < 1.29 is 28.7 Å². The first-order valence-corrected chi connectivity index (χ1v) is 6.05. The molecule has 0 saturated heterocycles. The summed E-state index contributed by atoms with van der Waals surface area (Å²) in [5, 5.41) is 0. The van der Waals surface area contributed by atoms with Crippen LogP contribution in [0, 0.1) is 3.57 Å². The Balaban J connectivity index is 2.97. The van der Waals surface area contributed by atoms with Gasteiger partial charge >= 0.3 is 62.6 Å². The second-order valence-corrected chi connectivity index (χ2v) is 5.07. The molecule has 0 aliphatic rings. The molecule has 0 heterocycles. The Hall–Kier alpha value is -0.260. The SMILES string of the molecule is F[I-](F)(F)c1ccccc1. The zero-order valence-electron chi connectivity index (χ0n) is 4.90. The van der Waals surface area contributed by atoms with Crippen LogP contribution in [0.15, 0.2) is 30.3 Å². The van der Waals surface area contributed by atoms with Crippen molar-refractivity contribution in [3.05, 3.63) is 33.9 Å². The van der Waals surface area contributed by atoms with Crippen molar-refractivity contribution in [2.75, 3.05) is 0 Å². The summed E-state index contributed by atoms with van der Waals surface area (Å²) in [4.78, 5) is 0. The molecule has 1 aromatic rings. The van der Waals surface area contributed by atoms with Crippen LogP contribution in [0.1, 0.15) is 0 Å². The maximum atomic E-state index is 12.0. The second-order valence-electron chi connectivity index (χ2n) is 1.67. The third-order valence-corrected chi connectivity index (χ3v) is 3.11. The van der Waals surface area contributed by atoms with Crippen LogP contribution in [0.4, 0.5) is 8.58 Å². The van der Waals surface area contributed by atoms with Gasteiger partial charge in [-0.1, -0.05) is 0 Å². The van der Waals surface area contributed by atoms with Crippen LogP contribution in [-0.2, 0) is 0 Å². The molecule has 0 fully saturated rings. The molecule has 0 amide bonds. The summed E-state index contributed by atoms with van der Waals surface area (Å²) in [6, 6.07) is 6.64. The van der Waals surface area contributed by atoms with Crippen LogP contribution in [0.5, 0.6) is 0 Å². The maximum absolute atomic E-state index is 12.0. The fourth-order valence-corrected chi connectivity index (χ4v) is 1.79. The predicted octanol–water partition coefficient (Wildman–Crippen LogP) is -0.330. The van der Waals surface area contributed by atoms with Crippen LogP contribution in [0.3, 0.4) is 0 Å². The van der Waals surface area contributed by atoms with Gasteiger partial charge in [-0.25, -0.2) is 0 Å².